The largest absolute Gasteiger partial charge is 0.466 e. The van der Waals surface area contributed by atoms with Gasteiger partial charge in [-0.15, -0.1) is 0 Å². The molecular formula is C10H20O5. The number of carbonyl (C=O) groups excluding carboxylic acids is 2. The Morgan fingerprint density at radius 1 is 0.867 bits per heavy atom. The van der Waals surface area contributed by atoms with Crippen molar-refractivity contribution >= 4 is 11.9 Å². The van der Waals surface area contributed by atoms with Gasteiger partial charge in [0.25, 0.3) is 0 Å². The normalized spacial score (nSPS) is 8.53. The first-order chi connectivity index (χ1) is 7.04. The smallest absolute Gasteiger partial charge is 0.302 e. The van der Waals surface area contributed by atoms with Crippen LogP contribution in [0.25, 0.3) is 0 Å². The number of hydrogen-bond donors (Lipinski definition) is 0. The minimum absolute atomic E-state index is 0.211. The lowest BCUT2D eigenvalue weighted by atomic mass is 10.7. The van der Waals surface area contributed by atoms with Crippen molar-refractivity contribution < 1.29 is 23.8 Å². The summed E-state index contributed by atoms with van der Waals surface area (Å²) in [7, 11) is 0. The molecule has 5 nitrogen and oxygen atoms in total. The first-order valence-corrected chi connectivity index (χ1v) is 4.89. The lowest BCUT2D eigenvalue weighted by Gasteiger charge is -1.99. The van der Waals surface area contributed by atoms with E-state index in [2.05, 4.69) is 9.47 Å². The summed E-state index contributed by atoms with van der Waals surface area (Å²) in [5.74, 6) is -0.466. The highest BCUT2D eigenvalue weighted by Gasteiger charge is 1.89. The molecule has 0 amide bonds. The monoisotopic (exact) mass is 220 g/mol. The third-order valence-corrected chi connectivity index (χ3v) is 1.08. The number of ether oxygens (including phenoxy) is 3. The standard InChI is InChI=1S/C6H12O3.C4H8O2/c1-3-8-4-5-9-6(2)7;1-3-6-4(2)5/h3-5H2,1-2H3;3H2,1-2H3. The lowest BCUT2D eigenvalue weighted by molar-refractivity contribution is -0.142. The summed E-state index contributed by atoms with van der Waals surface area (Å²) in [4.78, 5) is 20.0. The minimum atomic E-state index is -0.255. The van der Waals surface area contributed by atoms with Gasteiger partial charge in [0.15, 0.2) is 0 Å². The van der Waals surface area contributed by atoms with Gasteiger partial charge < -0.3 is 14.2 Å². The van der Waals surface area contributed by atoms with E-state index in [4.69, 9.17) is 4.74 Å². The topological polar surface area (TPSA) is 61.8 Å². The molecule has 0 aliphatic heterocycles. The van der Waals surface area contributed by atoms with E-state index in [0.717, 1.165) is 0 Å². The second-order valence-corrected chi connectivity index (χ2v) is 2.46. The van der Waals surface area contributed by atoms with Crippen molar-refractivity contribution in [2.75, 3.05) is 26.4 Å². The average molecular weight is 220 g/mol. The van der Waals surface area contributed by atoms with Gasteiger partial charge in [0.1, 0.15) is 6.61 Å². The minimum Gasteiger partial charge on any atom is -0.466 e. The van der Waals surface area contributed by atoms with Crippen LogP contribution in [0.1, 0.15) is 27.7 Å². The molecule has 0 saturated carbocycles. The maximum absolute atomic E-state index is 10.1. The van der Waals surface area contributed by atoms with Crippen molar-refractivity contribution in [1.29, 1.82) is 0 Å². The third kappa shape index (κ3) is 24.6. The van der Waals surface area contributed by atoms with Crippen molar-refractivity contribution in [3.8, 4) is 0 Å². The Kier molecular flexibility index (Phi) is 14.0. The van der Waals surface area contributed by atoms with Crippen LogP contribution in [-0.4, -0.2) is 38.4 Å². The molecule has 0 N–H and O–H groups in total. The van der Waals surface area contributed by atoms with Gasteiger partial charge in [-0.2, -0.15) is 0 Å². The second-order valence-electron chi connectivity index (χ2n) is 2.46. The first kappa shape index (κ1) is 16.3. The first-order valence-electron chi connectivity index (χ1n) is 4.89. The van der Waals surface area contributed by atoms with Crippen molar-refractivity contribution in [3.63, 3.8) is 0 Å². The summed E-state index contributed by atoms with van der Waals surface area (Å²) in [6.45, 7) is 8.46. The van der Waals surface area contributed by atoms with Crippen LogP contribution in [0.5, 0.6) is 0 Å². The van der Waals surface area contributed by atoms with E-state index in [1.165, 1.54) is 13.8 Å². The molecule has 0 atom stereocenters. The summed E-state index contributed by atoms with van der Waals surface area (Å²) in [6.07, 6.45) is 0. The Morgan fingerprint density at radius 3 is 1.67 bits per heavy atom. The molecule has 0 radical (unpaired) electrons. The molecule has 15 heavy (non-hydrogen) atoms. The maximum Gasteiger partial charge on any atom is 0.302 e. The quantitative estimate of drug-likeness (QED) is 0.514. The molecule has 0 saturated heterocycles. The van der Waals surface area contributed by atoms with Crippen LogP contribution in [0.4, 0.5) is 0 Å². The SMILES string of the molecule is CCOC(C)=O.CCOCCOC(C)=O. The highest BCUT2D eigenvalue weighted by molar-refractivity contribution is 5.66. The molecule has 0 aromatic rings. The Hall–Kier alpha value is -1.10. The van der Waals surface area contributed by atoms with Crippen LogP contribution >= 0.6 is 0 Å². The summed E-state index contributed by atoms with van der Waals surface area (Å²) in [5.41, 5.74) is 0. The molecule has 0 aliphatic rings. The molecule has 0 heterocycles. The molecule has 0 fully saturated rings. The van der Waals surface area contributed by atoms with Crippen molar-refractivity contribution in [2.24, 2.45) is 0 Å². The molecule has 5 heteroatoms. The average Bonchev–Trinajstić information content (AvgIpc) is 2.13. The Bertz CT molecular complexity index is 167. The second kappa shape index (κ2) is 12.9. The van der Waals surface area contributed by atoms with E-state index in [1.807, 2.05) is 6.92 Å². The van der Waals surface area contributed by atoms with E-state index in [-0.39, 0.29) is 11.9 Å². The van der Waals surface area contributed by atoms with Gasteiger partial charge in [-0.25, -0.2) is 0 Å². The number of rotatable bonds is 5. The van der Waals surface area contributed by atoms with E-state index in [9.17, 15) is 9.59 Å². The molecule has 0 unspecified atom stereocenters. The Labute approximate surface area is 90.7 Å². The van der Waals surface area contributed by atoms with Crippen molar-refractivity contribution in [2.45, 2.75) is 27.7 Å². The highest BCUT2D eigenvalue weighted by atomic mass is 16.6. The van der Waals surface area contributed by atoms with Gasteiger partial charge in [0.05, 0.1) is 13.2 Å². The fourth-order valence-corrected chi connectivity index (χ4v) is 0.592. The molecule has 0 aromatic carbocycles. The van der Waals surface area contributed by atoms with Crippen LogP contribution in [0.15, 0.2) is 0 Å². The molecule has 0 spiro atoms. The third-order valence-electron chi connectivity index (χ3n) is 1.08. The van der Waals surface area contributed by atoms with Gasteiger partial charge in [-0.3, -0.25) is 9.59 Å². The van der Waals surface area contributed by atoms with E-state index < -0.39 is 0 Å². The Balaban J connectivity index is 0. The maximum atomic E-state index is 10.1. The van der Waals surface area contributed by atoms with Crippen LogP contribution in [0, 0.1) is 0 Å². The van der Waals surface area contributed by atoms with Gasteiger partial charge in [0.2, 0.25) is 0 Å². The van der Waals surface area contributed by atoms with E-state index in [0.29, 0.717) is 26.4 Å². The fraction of sp³-hybridized carbons (Fsp3) is 0.800. The fourth-order valence-electron chi connectivity index (χ4n) is 0.592. The van der Waals surface area contributed by atoms with E-state index >= 15 is 0 Å². The van der Waals surface area contributed by atoms with Gasteiger partial charge in [-0.1, -0.05) is 0 Å². The zero-order chi connectivity index (χ0) is 12.1. The molecular weight excluding hydrogens is 200 g/mol. The molecule has 0 bridgehead atoms. The van der Waals surface area contributed by atoms with Gasteiger partial charge in [-0.05, 0) is 13.8 Å². The predicted molar refractivity (Wildman–Crippen MR) is 55.4 cm³/mol. The summed E-state index contributed by atoms with van der Waals surface area (Å²) in [6, 6.07) is 0. The number of carbonyl (C=O) groups is 2. The summed E-state index contributed by atoms with van der Waals surface area (Å²) < 4.78 is 13.9. The number of hydrogen-bond acceptors (Lipinski definition) is 5. The molecule has 0 aromatic heterocycles. The van der Waals surface area contributed by atoms with Crippen LogP contribution in [-0.2, 0) is 23.8 Å². The molecule has 0 rings (SSSR count). The summed E-state index contributed by atoms with van der Waals surface area (Å²) in [5, 5.41) is 0. The lowest BCUT2D eigenvalue weighted by Crippen LogP contribution is -2.06. The predicted octanol–water partition coefficient (Wildman–Crippen LogP) is 1.16. The summed E-state index contributed by atoms with van der Waals surface area (Å²) >= 11 is 0. The zero-order valence-electron chi connectivity index (χ0n) is 9.87. The van der Waals surface area contributed by atoms with E-state index in [1.54, 1.807) is 6.92 Å². The van der Waals surface area contributed by atoms with Crippen molar-refractivity contribution in [3.05, 3.63) is 0 Å². The van der Waals surface area contributed by atoms with Crippen molar-refractivity contribution in [1.82, 2.24) is 0 Å². The van der Waals surface area contributed by atoms with Crippen LogP contribution in [0.3, 0.4) is 0 Å². The van der Waals surface area contributed by atoms with Gasteiger partial charge in [0, 0.05) is 20.5 Å². The molecule has 0 aliphatic carbocycles. The van der Waals surface area contributed by atoms with Crippen LogP contribution < -0.4 is 0 Å². The van der Waals surface area contributed by atoms with Gasteiger partial charge >= 0.3 is 11.9 Å². The molecule has 90 valence electrons. The zero-order valence-corrected chi connectivity index (χ0v) is 9.87. The number of esters is 2. The Morgan fingerprint density at radius 2 is 1.40 bits per heavy atom. The highest BCUT2D eigenvalue weighted by Crippen LogP contribution is 1.77. The van der Waals surface area contributed by atoms with Crippen LogP contribution in [0.2, 0.25) is 0 Å².